The molecule has 0 heterocycles. The zero-order chi connectivity index (χ0) is 15.4. The van der Waals surface area contributed by atoms with Crippen LogP contribution in [0, 0.1) is 13.8 Å². The van der Waals surface area contributed by atoms with Crippen LogP contribution in [0.15, 0.2) is 40.9 Å². The van der Waals surface area contributed by atoms with Gasteiger partial charge >= 0.3 is 5.97 Å². The van der Waals surface area contributed by atoms with Crippen LogP contribution in [0.2, 0.25) is 0 Å². The molecule has 0 bridgehead atoms. The Morgan fingerprint density at radius 2 is 1.86 bits per heavy atom. The van der Waals surface area contributed by atoms with E-state index in [1.165, 1.54) is 18.2 Å². The van der Waals surface area contributed by atoms with Crippen molar-refractivity contribution in [3.63, 3.8) is 0 Å². The monoisotopic (exact) mass is 347 g/mol. The van der Waals surface area contributed by atoms with E-state index in [1.54, 1.807) is 6.07 Å². The largest absolute Gasteiger partial charge is 0.465 e. The molecule has 0 radical (unpaired) electrons. The molecule has 2 aromatic rings. The maximum absolute atomic E-state index is 11.6. The second kappa shape index (κ2) is 6.76. The summed E-state index contributed by atoms with van der Waals surface area (Å²) in [5.41, 5.74) is 4.97. The highest BCUT2D eigenvalue weighted by molar-refractivity contribution is 9.10. The number of carbonyl (C=O) groups excluding carboxylic acids is 1. The molecule has 0 fully saturated rings. The Morgan fingerprint density at radius 3 is 2.52 bits per heavy atom. The average Bonchev–Trinajstić information content (AvgIpc) is 2.49. The van der Waals surface area contributed by atoms with Crippen LogP contribution in [0.5, 0.6) is 0 Å². The van der Waals surface area contributed by atoms with Gasteiger partial charge in [-0.05, 0) is 48.7 Å². The number of nitrogens with one attached hydrogen (secondary N) is 1. The smallest absolute Gasteiger partial charge is 0.337 e. The van der Waals surface area contributed by atoms with Gasteiger partial charge in [0.1, 0.15) is 0 Å². The number of hydrogen-bond acceptors (Lipinski definition) is 3. The van der Waals surface area contributed by atoms with Crippen LogP contribution in [0.25, 0.3) is 0 Å². The number of hydrogen-bond donors (Lipinski definition) is 1. The second-order valence-electron chi connectivity index (χ2n) is 4.96. The molecule has 0 aliphatic carbocycles. The quantitative estimate of drug-likeness (QED) is 0.829. The van der Waals surface area contributed by atoms with Crippen LogP contribution < -0.4 is 5.32 Å². The zero-order valence-corrected chi connectivity index (χ0v) is 14.0. The molecular weight excluding hydrogens is 330 g/mol. The molecule has 110 valence electrons. The zero-order valence-electron chi connectivity index (χ0n) is 12.4. The van der Waals surface area contributed by atoms with E-state index in [0.29, 0.717) is 12.1 Å². The Kier molecular flexibility index (Phi) is 5.02. The van der Waals surface area contributed by atoms with E-state index in [2.05, 4.69) is 46.4 Å². The molecule has 0 aromatic heterocycles. The number of aryl methyl sites for hydroxylation is 2. The highest BCUT2D eigenvalue weighted by atomic mass is 79.9. The van der Waals surface area contributed by atoms with Crippen molar-refractivity contribution in [2.75, 3.05) is 12.4 Å². The van der Waals surface area contributed by atoms with Gasteiger partial charge in [0.25, 0.3) is 0 Å². The molecule has 3 nitrogen and oxygen atoms in total. The van der Waals surface area contributed by atoms with E-state index in [1.807, 2.05) is 19.1 Å². The first-order valence-corrected chi connectivity index (χ1v) is 7.48. The van der Waals surface area contributed by atoms with Crippen LogP contribution in [0.3, 0.4) is 0 Å². The number of esters is 1. The van der Waals surface area contributed by atoms with Crippen LogP contribution in [-0.2, 0) is 11.3 Å². The normalized spacial score (nSPS) is 10.3. The maximum Gasteiger partial charge on any atom is 0.337 e. The first-order valence-electron chi connectivity index (χ1n) is 6.69. The molecule has 0 spiro atoms. The van der Waals surface area contributed by atoms with Gasteiger partial charge in [-0.1, -0.05) is 34.1 Å². The fourth-order valence-electron chi connectivity index (χ4n) is 2.00. The van der Waals surface area contributed by atoms with E-state index in [0.717, 1.165) is 15.7 Å². The van der Waals surface area contributed by atoms with Crippen molar-refractivity contribution < 1.29 is 9.53 Å². The molecular formula is C17H18BrNO2. The summed E-state index contributed by atoms with van der Waals surface area (Å²) in [5.74, 6) is -0.323. The summed E-state index contributed by atoms with van der Waals surface area (Å²) < 4.78 is 5.85. The topological polar surface area (TPSA) is 38.3 Å². The van der Waals surface area contributed by atoms with Crippen molar-refractivity contribution in [1.29, 1.82) is 0 Å². The SMILES string of the molecule is COC(=O)c1ccc(C)c(NCc2ccc(C)c(Br)c2)c1. The Hall–Kier alpha value is -1.81. The lowest BCUT2D eigenvalue weighted by atomic mass is 10.1. The van der Waals surface area contributed by atoms with Gasteiger partial charge in [-0.25, -0.2) is 4.79 Å². The first kappa shape index (κ1) is 15.6. The molecule has 0 unspecified atom stereocenters. The molecule has 0 aliphatic heterocycles. The lowest BCUT2D eigenvalue weighted by molar-refractivity contribution is 0.0601. The van der Waals surface area contributed by atoms with Gasteiger partial charge in [0.15, 0.2) is 0 Å². The summed E-state index contributed by atoms with van der Waals surface area (Å²) in [6.45, 7) is 4.77. The lowest BCUT2D eigenvalue weighted by Crippen LogP contribution is -2.05. The number of anilines is 1. The van der Waals surface area contributed by atoms with E-state index in [9.17, 15) is 4.79 Å². The molecule has 0 amide bonds. The van der Waals surface area contributed by atoms with Crippen LogP contribution in [-0.4, -0.2) is 13.1 Å². The standard InChI is InChI=1S/C17H18BrNO2/c1-11-4-6-13(8-15(11)18)10-19-16-9-14(17(20)21-3)7-5-12(16)2/h4-9,19H,10H2,1-3H3. The number of ether oxygens (including phenoxy) is 1. The van der Waals surface area contributed by atoms with Gasteiger partial charge in [0, 0.05) is 16.7 Å². The van der Waals surface area contributed by atoms with E-state index in [4.69, 9.17) is 4.74 Å². The number of benzene rings is 2. The van der Waals surface area contributed by atoms with E-state index >= 15 is 0 Å². The van der Waals surface area contributed by atoms with Crippen LogP contribution in [0.1, 0.15) is 27.0 Å². The van der Waals surface area contributed by atoms with Gasteiger partial charge in [-0.3, -0.25) is 0 Å². The van der Waals surface area contributed by atoms with Crippen molar-refractivity contribution in [3.8, 4) is 0 Å². The van der Waals surface area contributed by atoms with Crippen molar-refractivity contribution in [2.45, 2.75) is 20.4 Å². The van der Waals surface area contributed by atoms with Gasteiger partial charge in [-0.15, -0.1) is 0 Å². The number of rotatable bonds is 4. The summed E-state index contributed by atoms with van der Waals surface area (Å²) in [5, 5.41) is 3.37. The van der Waals surface area contributed by atoms with Gasteiger partial charge in [0.2, 0.25) is 0 Å². The van der Waals surface area contributed by atoms with Crippen molar-refractivity contribution >= 4 is 27.6 Å². The van der Waals surface area contributed by atoms with Gasteiger partial charge in [-0.2, -0.15) is 0 Å². The Bertz CT molecular complexity index is 668. The summed E-state index contributed by atoms with van der Waals surface area (Å²) in [4.78, 5) is 11.6. The van der Waals surface area contributed by atoms with Crippen LogP contribution >= 0.6 is 15.9 Å². The summed E-state index contributed by atoms with van der Waals surface area (Å²) in [6.07, 6.45) is 0. The lowest BCUT2D eigenvalue weighted by Gasteiger charge is -2.12. The molecule has 21 heavy (non-hydrogen) atoms. The molecule has 1 N–H and O–H groups in total. The number of methoxy groups -OCH3 is 1. The first-order chi connectivity index (χ1) is 10.0. The van der Waals surface area contributed by atoms with Gasteiger partial charge in [0.05, 0.1) is 12.7 Å². The average molecular weight is 348 g/mol. The highest BCUT2D eigenvalue weighted by Gasteiger charge is 2.08. The summed E-state index contributed by atoms with van der Waals surface area (Å²) >= 11 is 3.54. The third kappa shape index (κ3) is 3.85. The molecule has 4 heteroatoms. The highest BCUT2D eigenvalue weighted by Crippen LogP contribution is 2.21. The van der Waals surface area contributed by atoms with Crippen molar-refractivity contribution in [3.05, 3.63) is 63.1 Å². The van der Waals surface area contributed by atoms with E-state index in [-0.39, 0.29) is 5.97 Å². The fraction of sp³-hybridized carbons (Fsp3) is 0.235. The third-order valence-corrected chi connectivity index (χ3v) is 4.23. The molecule has 2 rings (SSSR count). The predicted molar refractivity (Wildman–Crippen MR) is 88.7 cm³/mol. The molecule has 0 saturated carbocycles. The predicted octanol–water partition coefficient (Wildman–Crippen LogP) is 4.46. The van der Waals surface area contributed by atoms with Crippen molar-refractivity contribution in [2.24, 2.45) is 0 Å². The van der Waals surface area contributed by atoms with Crippen LogP contribution in [0.4, 0.5) is 5.69 Å². The molecule has 0 atom stereocenters. The Labute approximate surface area is 133 Å². The minimum atomic E-state index is -0.323. The van der Waals surface area contributed by atoms with Crippen molar-refractivity contribution in [1.82, 2.24) is 0 Å². The summed E-state index contributed by atoms with van der Waals surface area (Å²) in [6, 6.07) is 11.8. The minimum Gasteiger partial charge on any atom is -0.465 e. The number of carbonyl (C=O) groups is 1. The van der Waals surface area contributed by atoms with Gasteiger partial charge < -0.3 is 10.1 Å². The number of halogens is 1. The third-order valence-electron chi connectivity index (χ3n) is 3.38. The summed E-state index contributed by atoms with van der Waals surface area (Å²) in [7, 11) is 1.39. The molecule has 0 aliphatic rings. The Balaban J connectivity index is 2.15. The molecule has 2 aromatic carbocycles. The second-order valence-corrected chi connectivity index (χ2v) is 5.81. The molecule has 0 saturated heterocycles. The minimum absolute atomic E-state index is 0.323. The Morgan fingerprint density at radius 1 is 1.14 bits per heavy atom. The fourth-order valence-corrected chi connectivity index (χ4v) is 2.43. The maximum atomic E-state index is 11.6. The van der Waals surface area contributed by atoms with E-state index < -0.39 is 0 Å².